The largest absolute Gasteiger partial charge is 0.490 e. The molecular formula is C32H41NO4. The van der Waals surface area contributed by atoms with Gasteiger partial charge in [-0.2, -0.15) is 0 Å². The summed E-state index contributed by atoms with van der Waals surface area (Å²) in [6.45, 7) is 15.6. The zero-order valence-electron chi connectivity index (χ0n) is 22.8. The van der Waals surface area contributed by atoms with Crippen molar-refractivity contribution in [2.24, 2.45) is 52.3 Å². The molecule has 6 aliphatic rings. The minimum Gasteiger partial charge on any atom is -0.490 e. The van der Waals surface area contributed by atoms with Gasteiger partial charge in [0.05, 0.1) is 0 Å². The number of benzene rings is 1. The summed E-state index contributed by atoms with van der Waals surface area (Å²) in [5, 5.41) is 14.1. The van der Waals surface area contributed by atoms with Gasteiger partial charge in [-0.1, -0.05) is 57.6 Å². The van der Waals surface area contributed by atoms with E-state index in [9.17, 15) is 14.7 Å². The predicted molar refractivity (Wildman–Crippen MR) is 142 cm³/mol. The summed E-state index contributed by atoms with van der Waals surface area (Å²) >= 11 is 0. The van der Waals surface area contributed by atoms with E-state index in [0.717, 1.165) is 24.2 Å². The molecule has 37 heavy (non-hydrogen) atoms. The summed E-state index contributed by atoms with van der Waals surface area (Å²) in [5.74, 6) is 0.492. The lowest BCUT2D eigenvalue weighted by Crippen LogP contribution is -2.50. The van der Waals surface area contributed by atoms with Gasteiger partial charge in [-0.25, -0.2) is 0 Å². The Balaban J connectivity index is 1.59. The molecule has 1 aromatic carbocycles. The fourth-order valence-corrected chi connectivity index (χ4v) is 9.97. The molecular weight excluding hydrogens is 462 g/mol. The number of rotatable bonds is 1. The van der Waals surface area contributed by atoms with Crippen LogP contribution in [0.15, 0.2) is 48.6 Å². The summed E-state index contributed by atoms with van der Waals surface area (Å²) in [4.78, 5) is 27.8. The van der Waals surface area contributed by atoms with Crippen molar-refractivity contribution in [3.63, 3.8) is 0 Å². The zero-order chi connectivity index (χ0) is 26.5. The van der Waals surface area contributed by atoms with E-state index in [-0.39, 0.29) is 47.9 Å². The van der Waals surface area contributed by atoms with Crippen molar-refractivity contribution >= 4 is 11.7 Å². The molecule has 5 heteroatoms. The standard InChI is InChI=1S/C32H41NO4/c1-7-30(5)14-19(4)24-23-26(30)27(34)22-16-32(36,33-29(22)35)15-20-8-10-21(11-9-20)37-28(23)25-18(3)12-17(2)13-31(24,25)6/h7-11,14,17-18,22-26,28,36H,1,12-13,15-16H2,2-6H3,(H,33,35). The Morgan fingerprint density at radius 3 is 2.49 bits per heavy atom. The van der Waals surface area contributed by atoms with Crippen LogP contribution >= 0.6 is 0 Å². The molecule has 11 atom stereocenters. The van der Waals surface area contributed by atoms with Crippen LogP contribution in [0.2, 0.25) is 0 Å². The minimum absolute atomic E-state index is 0.0102. The summed E-state index contributed by atoms with van der Waals surface area (Å²) in [5.41, 5.74) is 0.166. The molecule has 3 fully saturated rings. The fraction of sp³-hybridized carbons (Fsp3) is 0.625. The van der Waals surface area contributed by atoms with Gasteiger partial charge in [0.1, 0.15) is 29.3 Å². The van der Waals surface area contributed by atoms with E-state index in [1.54, 1.807) is 0 Å². The van der Waals surface area contributed by atoms with Gasteiger partial charge in [-0.15, -0.1) is 6.58 Å². The number of carbonyl (C=O) groups excluding carboxylic acids is 2. The molecule has 2 saturated carbocycles. The van der Waals surface area contributed by atoms with E-state index in [4.69, 9.17) is 4.74 Å². The molecule has 5 nitrogen and oxygen atoms in total. The topological polar surface area (TPSA) is 75.6 Å². The van der Waals surface area contributed by atoms with Gasteiger partial charge in [0, 0.05) is 36.0 Å². The second kappa shape index (κ2) is 8.05. The Hall–Kier alpha value is -2.40. The third-order valence-electron chi connectivity index (χ3n) is 10.8. The van der Waals surface area contributed by atoms with Gasteiger partial charge >= 0.3 is 0 Å². The van der Waals surface area contributed by atoms with Gasteiger partial charge in [0.25, 0.3) is 0 Å². The van der Waals surface area contributed by atoms with Crippen LogP contribution in [0.3, 0.4) is 0 Å². The summed E-state index contributed by atoms with van der Waals surface area (Å²) < 4.78 is 6.97. The van der Waals surface area contributed by atoms with Crippen molar-refractivity contribution in [3.05, 3.63) is 54.1 Å². The molecule has 198 valence electrons. The molecule has 1 saturated heterocycles. The summed E-state index contributed by atoms with van der Waals surface area (Å²) in [7, 11) is 0. The van der Waals surface area contributed by atoms with E-state index in [0.29, 0.717) is 17.8 Å². The third-order valence-corrected chi connectivity index (χ3v) is 10.8. The monoisotopic (exact) mass is 503 g/mol. The quantitative estimate of drug-likeness (QED) is 0.414. The normalized spacial score (nSPS) is 48.4. The van der Waals surface area contributed by atoms with E-state index < -0.39 is 23.0 Å². The Morgan fingerprint density at radius 1 is 1.11 bits per heavy atom. The van der Waals surface area contributed by atoms with Gasteiger partial charge in [-0.3, -0.25) is 9.59 Å². The number of nitrogens with one attached hydrogen (secondary N) is 1. The lowest BCUT2D eigenvalue weighted by molar-refractivity contribution is -0.139. The molecule has 2 N–H and O–H groups in total. The maximum Gasteiger partial charge on any atom is 0.232 e. The van der Waals surface area contributed by atoms with E-state index in [1.165, 1.54) is 5.57 Å². The number of hydrogen-bond acceptors (Lipinski definition) is 4. The summed E-state index contributed by atoms with van der Waals surface area (Å²) in [6, 6.07) is 7.92. The first-order chi connectivity index (χ1) is 17.4. The smallest absolute Gasteiger partial charge is 0.232 e. The zero-order valence-corrected chi connectivity index (χ0v) is 22.8. The fourth-order valence-electron chi connectivity index (χ4n) is 9.97. The maximum absolute atomic E-state index is 14.6. The number of ether oxygens (including phenoxy) is 1. The van der Waals surface area contributed by atoms with E-state index >= 15 is 0 Å². The van der Waals surface area contributed by atoms with E-state index in [2.05, 4.69) is 52.6 Å². The SMILES string of the molecule is C=CC1(C)C=C(C)C2C3C(Oc4ccc(cc4)CC4(O)CC(C(=O)N4)C(=O)C31)C1C(C)CC(C)CC21C. The Labute approximate surface area is 220 Å². The van der Waals surface area contributed by atoms with Crippen LogP contribution in [0.4, 0.5) is 0 Å². The number of allylic oxidation sites excluding steroid dienone is 3. The molecule has 0 spiro atoms. The van der Waals surface area contributed by atoms with Crippen molar-refractivity contribution in [2.45, 2.75) is 72.1 Å². The van der Waals surface area contributed by atoms with Crippen LogP contribution < -0.4 is 10.1 Å². The highest BCUT2D eigenvalue weighted by molar-refractivity contribution is 6.05. The lowest BCUT2D eigenvalue weighted by atomic mass is 9.53. The van der Waals surface area contributed by atoms with Crippen LogP contribution in [0.25, 0.3) is 0 Å². The van der Waals surface area contributed by atoms with Gasteiger partial charge in [0.2, 0.25) is 5.91 Å². The average molecular weight is 504 g/mol. The van der Waals surface area contributed by atoms with Gasteiger partial charge in [-0.05, 0) is 60.6 Å². The molecule has 7 rings (SSSR count). The van der Waals surface area contributed by atoms with Crippen molar-refractivity contribution in [3.8, 4) is 5.75 Å². The molecule has 11 unspecified atom stereocenters. The number of amides is 1. The van der Waals surface area contributed by atoms with E-state index in [1.807, 2.05) is 30.3 Å². The predicted octanol–water partition coefficient (Wildman–Crippen LogP) is 5.09. The van der Waals surface area contributed by atoms with Crippen LogP contribution in [-0.2, 0) is 16.0 Å². The number of aliphatic hydroxyl groups is 1. The molecule has 3 heterocycles. The molecule has 1 aromatic rings. The van der Waals surface area contributed by atoms with Crippen LogP contribution in [0, 0.1) is 52.3 Å². The highest BCUT2D eigenvalue weighted by atomic mass is 16.5. The van der Waals surface area contributed by atoms with Crippen LogP contribution in [-0.4, -0.2) is 28.6 Å². The first-order valence-corrected chi connectivity index (χ1v) is 14.1. The maximum atomic E-state index is 14.6. The first kappa shape index (κ1) is 24.9. The Morgan fingerprint density at radius 2 is 1.81 bits per heavy atom. The Bertz CT molecular complexity index is 1190. The minimum atomic E-state index is -1.43. The molecule has 1 amide bonds. The first-order valence-electron chi connectivity index (χ1n) is 14.1. The molecule has 0 radical (unpaired) electrons. The van der Waals surface area contributed by atoms with Crippen LogP contribution in [0.1, 0.15) is 59.4 Å². The number of carbonyl (C=O) groups is 2. The van der Waals surface area contributed by atoms with Gasteiger partial charge in [0.15, 0.2) is 0 Å². The van der Waals surface area contributed by atoms with Crippen molar-refractivity contribution in [2.75, 3.05) is 0 Å². The van der Waals surface area contributed by atoms with Gasteiger partial charge < -0.3 is 15.2 Å². The Kier molecular flexibility index (Phi) is 5.42. The van der Waals surface area contributed by atoms with Crippen molar-refractivity contribution in [1.29, 1.82) is 0 Å². The highest BCUT2D eigenvalue weighted by Crippen LogP contribution is 2.68. The number of hydrogen-bond donors (Lipinski definition) is 2. The number of fused-ring (bicyclic) bond motifs is 4. The number of Topliss-reactive ketones (excluding diaryl/α,β-unsaturated/α-hetero) is 1. The average Bonchev–Trinajstić information content (AvgIpc) is 3.24. The molecule has 3 aliphatic carbocycles. The highest BCUT2D eigenvalue weighted by Gasteiger charge is 2.68. The molecule has 3 aliphatic heterocycles. The van der Waals surface area contributed by atoms with Crippen molar-refractivity contribution in [1.82, 2.24) is 5.32 Å². The molecule has 4 bridgehead atoms. The molecule has 0 aromatic heterocycles. The van der Waals surface area contributed by atoms with Crippen LogP contribution in [0.5, 0.6) is 5.75 Å². The second-order valence-electron chi connectivity index (χ2n) is 13.6. The van der Waals surface area contributed by atoms with Crippen molar-refractivity contribution < 1.29 is 19.4 Å². The summed E-state index contributed by atoms with van der Waals surface area (Å²) in [6.07, 6.45) is 6.60. The second-order valence-corrected chi connectivity index (χ2v) is 13.6. The number of ketones is 1. The lowest BCUT2D eigenvalue weighted by Gasteiger charge is -2.50. The third kappa shape index (κ3) is 3.52.